The first kappa shape index (κ1) is 38.5. The molecule has 0 spiro atoms. The van der Waals surface area contributed by atoms with Gasteiger partial charge in [-0.3, -0.25) is 9.59 Å². The number of nitrogens with two attached hydrogens (primary N) is 1. The lowest BCUT2D eigenvalue weighted by Crippen LogP contribution is -2.27. The fourth-order valence-electron chi connectivity index (χ4n) is 6.64. The van der Waals surface area contributed by atoms with Crippen molar-refractivity contribution in [3.8, 4) is 23.0 Å². The molecule has 2 aromatic heterocycles. The summed E-state index contributed by atoms with van der Waals surface area (Å²) in [5, 5.41) is 14.9. The van der Waals surface area contributed by atoms with Gasteiger partial charge < -0.3 is 35.1 Å². The smallest absolute Gasteiger partial charge is 0.314 e. The van der Waals surface area contributed by atoms with Crippen LogP contribution < -0.4 is 30.0 Å². The zero-order valence-electron chi connectivity index (χ0n) is 30.3. The summed E-state index contributed by atoms with van der Waals surface area (Å²) in [6, 6.07) is 26.7. The molecule has 1 amide bonds. The van der Waals surface area contributed by atoms with Gasteiger partial charge in [0, 0.05) is 45.0 Å². The van der Waals surface area contributed by atoms with E-state index in [0.717, 1.165) is 67.1 Å². The van der Waals surface area contributed by atoms with Crippen LogP contribution in [0.25, 0.3) is 0 Å². The third kappa shape index (κ3) is 8.52. The zero-order valence-corrected chi connectivity index (χ0v) is 33.5. The van der Waals surface area contributed by atoms with Gasteiger partial charge in [-0.25, -0.2) is 9.97 Å². The molecule has 4 heterocycles. The number of carbonyl (C=O) groups is 2. The summed E-state index contributed by atoms with van der Waals surface area (Å²) in [6.07, 6.45) is 8.14. The van der Waals surface area contributed by atoms with Crippen LogP contribution in [-0.2, 0) is 33.3 Å². The number of fused-ring (bicyclic) bond motifs is 2. The number of ether oxygens (including phenoxy) is 4. The molecule has 2 aliphatic carbocycles. The maximum Gasteiger partial charge on any atom is 0.314 e. The normalized spacial score (nSPS) is 15.7. The topological polar surface area (TPSA) is 155 Å². The summed E-state index contributed by atoms with van der Waals surface area (Å²) in [6.45, 7) is 0.449. The van der Waals surface area contributed by atoms with Crippen LogP contribution in [0.1, 0.15) is 57.7 Å². The fourth-order valence-corrected chi connectivity index (χ4v) is 8.58. The Morgan fingerprint density at radius 3 is 1.67 bits per heavy atom. The lowest BCUT2D eigenvalue weighted by atomic mass is 9.94. The Bertz CT molecular complexity index is 2450. The summed E-state index contributed by atoms with van der Waals surface area (Å²) in [7, 11) is 0. The largest absolute Gasteiger partial charge is 0.481 e. The van der Waals surface area contributed by atoms with Crippen molar-refractivity contribution < 1.29 is 33.6 Å². The Morgan fingerprint density at radius 1 is 0.684 bits per heavy atom. The second kappa shape index (κ2) is 16.3. The van der Waals surface area contributed by atoms with Gasteiger partial charge in [0.05, 0.1) is 10.8 Å². The minimum Gasteiger partial charge on any atom is -0.481 e. The lowest BCUT2D eigenvalue weighted by molar-refractivity contribution is -0.140. The van der Waals surface area contributed by atoms with Crippen molar-refractivity contribution in [1.82, 2.24) is 9.97 Å². The van der Waals surface area contributed by atoms with Gasteiger partial charge >= 0.3 is 5.97 Å². The van der Waals surface area contributed by atoms with Crippen molar-refractivity contribution in [2.45, 2.75) is 49.4 Å². The number of benzene rings is 4. The third-order valence-electron chi connectivity index (χ3n) is 10.2. The van der Waals surface area contributed by atoms with E-state index in [2.05, 4.69) is 15.3 Å². The number of halogens is 2. The Labute approximate surface area is 346 Å². The van der Waals surface area contributed by atoms with Crippen LogP contribution in [0.15, 0.2) is 97.3 Å². The Hall–Kier alpha value is -5.34. The molecule has 4 aliphatic rings. The molecule has 4 aromatic carbocycles. The number of hydrogen-bond donors (Lipinski definition) is 3. The number of thiazole rings is 2. The number of carboxylic acid groups (broad SMARTS) is 1. The minimum absolute atomic E-state index is 0.0231. The van der Waals surface area contributed by atoms with Gasteiger partial charge in [0.2, 0.25) is 19.5 Å². The number of amides is 1. The number of aliphatic carboxylic acids is 1. The molecule has 2 saturated carbocycles. The van der Waals surface area contributed by atoms with E-state index in [1.165, 1.54) is 22.7 Å². The molecule has 6 aromatic rings. The summed E-state index contributed by atoms with van der Waals surface area (Å²) in [4.78, 5) is 34.6. The molecule has 0 saturated heterocycles. The molecule has 15 heteroatoms. The van der Waals surface area contributed by atoms with Crippen LogP contribution in [0, 0.1) is 0 Å². The Kier molecular flexibility index (Phi) is 11.0. The number of aromatic nitrogens is 2. The lowest BCUT2D eigenvalue weighted by Gasteiger charge is -2.15. The maximum atomic E-state index is 13.0. The Balaban J connectivity index is 0.000000132. The molecule has 292 valence electrons. The first-order valence-electron chi connectivity index (χ1n) is 18.1. The molecule has 2 fully saturated rings. The molecule has 0 radical (unpaired) electrons. The SMILES string of the molecule is Nc1ncc(Cc2ccccc2Cl)s1.O=C(Nc1ncc(Cc2ccccc2Cl)s1)C1(c2ccc3c(c2)OCO3)CC1.O=C(O)C1(c2ccc3c(c2)OCO3)CC1. The summed E-state index contributed by atoms with van der Waals surface area (Å²) in [5.41, 5.74) is 8.31. The molecule has 57 heavy (non-hydrogen) atoms. The standard InChI is InChI=1S/C21H17ClN2O3S.C11H10O4.C10H9ClN2S/c22-16-4-2-1-3-13(16)9-15-11-23-20(28-15)24-19(25)21(7-8-21)14-5-6-17-18(10-14)27-12-26-17;12-10(13)11(3-4-11)7-1-2-8-9(5-7)15-6-14-8;11-9-4-2-1-3-7(9)5-8-6-13-10(12)14-8/h1-6,10-11H,7-9,12H2,(H,23,24,25);1-2,5H,3-4,6H2,(H,12,13);1-4,6H,5H2,(H2,12,13). The first-order valence-corrected chi connectivity index (χ1v) is 20.5. The van der Waals surface area contributed by atoms with Gasteiger partial charge in [0.1, 0.15) is 0 Å². The predicted octanol–water partition coefficient (Wildman–Crippen LogP) is 9.29. The van der Waals surface area contributed by atoms with Crippen molar-refractivity contribution in [2.24, 2.45) is 0 Å². The van der Waals surface area contributed by atoms with Crippen molar-refractivity contribution in [2.75, 3.05) is 24.6 Å². The van der Waals surface area contributed by atoms with Crippen molar-refractivity contribution in [3.63, 3.8) is 0 Å². The average Bonchev–Trinajstić information content (AvgIpc) is 3.93. The first-order chi connectivity index (χ1) is 27.6. The summed E-state index contributed by atoms with van der Waals surface area (Å²) < 4.78 is 21.2. The highest BCUT2D eigenvalue weighted by molar-refractivity contribution is 7.15. The van der Waals surface area contributed by atoms with Gasteiger partial charge in [-0.15, -0.1) is 22.7 Å². The Morgan fingerprint density at radius 2 is 1.18 bits per heavy atom. The quantitative estimate of drug-likeness (QED) is 0.128. The van der Waals surface area contributed by atoms with E-state index in [9.17, 15) is 9.59 Å². The number of nitrogen functional groups attached to an aromatic ring is 1. The second-order valence-electron chi connectivity index (χ2n) is 13.9. The van der Waals surface area contributed by atoms with Crippen LogP contribution in [0.4, 0.5) is 10.3 Å². The van der Waals surface area contributed by atoms with Gasteiger partial charge in [0.15, 0.2) is 33.3 Å². The van der Waals surface area contributed by atoms with Crippen LogP contribution >= 0.6 is 45.9 Å². The van der Waals surface area contributed by atoms with Crippen molar-refractivity contribution in [3.05, 3.63) is 139 Å². The van der Waals surface area contributed by atoms with E-state index in [4.69, 9.17) is 53.0 Å². The van der Waals surface area contributed by atoms with Crippen LogP contribution in [-0.4, -0.2) is 40.5 Å². The molecule has 11 nitrogen and oxygen atoms in total. The number of anilines is 2. The van der Waals surface area contributed by atoms with Crippen molar-refractivity contribution in [1.29, 1.82) is 0 Å². The van der Waals surface area contributed by atoms with Gasteiger partial charge in [0.25, 0.3) is 0 Å². The molecule has 0 bridgehead atoms. The van der Waals surface area contributed by atoms with Gasteiger partial charge in [-0.05, 0) is 84.3 Å². The summed E-state index contributed by atoms with van der Waals surface area (Å²) >= 11 is 15.2. The summed E-state index contributed by atoms with van der Waals surface area (Å²) in [5.74, 6) is 2.00. The van der Waals surface area contributed by atoms with E-state index in [1.807, 2.05) is 72.8 Å². The highest BCUT2D eigenvalue weighted by Gasteiger charge is 2.53. The molecule has 2 aliphatic heterocycles. The number of carboxylic acids is 1. The number of nitrogens with one attached hydrogen (secondary N) is 1. The van der Waals surface area contributed by atoms with Gasteiger partial charge in [-0.2, -0.15) is 0 Å². The van der Waals surface area contributed by atoms with E-state index in [-0.39, 0.29) is 19.5 Å². The molecule has 0 unspecified atom stereocenters. The number of hydrogen-bond acceptors (Lipinski definition) is 11. The van der Waals surface area contributed by atoms with E-state index >= 15 is 0 Å². The van der Waals surface area contributed by atoms with E-state index in [1.54, 1.807) is 24.5 Å². The molecule has 4 N–H and O–H groups in total. The second-order valence-corrected chi connectivity index (χ2v) is 17.0. The van der Waals surface area contributed by atoms with E-state index < -0.39 is 16.8 Å². The van der Waals surface area contributed by atoms with Crippen LogP contribution in [0.3, 0.4) is 0 Å². The average molecular weight is 844 g/mol. The van der Waals surface area contributed by atoms with Crippen molar-refractivity contribution >= 4 is 68.0 Å². The zero-order chi connectivity index (χ0) is 39.6. The highest BCUT2D eigenvalue weighted by Crippen LogP contribution is 2.52. The fraction of sp³-hybridized carbons (Fsp3) is 0.238. The molecule has 0 atom stereocenters. The molecular weight excluding hydrogens is 808 g/mol. The molecule has 10 rings (SSSR count). The molecular formula is C42H36Cl2N4O7S2. The third-order valence-corrected chi connectivity index (χ3v) is 12.7. The number of rotatable bonds is 9. The number of carbonyl (C=O) groups excluding carboxylic acids is 1. The van der Waals surface area contributed by atoms with Crippen LogP contribution in [0.2, 0.25) is 10.0 Å². The highest BCUT2D eigenvalue weighted by atomic mass is 35.5. The minimum atomic E-state index is -0.749. The van der Waals surface area contributed by atoms with Crippen LogP contribution in [0.5, 0.6) is 23.0 Å². The van der Waals surface area contributed by atoms with Gasteiger partial charge in [-0.1, -0.05) is 71.7 Å². The number of nitrogens with zero attached hydrogens (tertiary/aromatic N) is 2. The predicted molar refractivity (Wildman–Crippen MR) is 220 cm³/mol. The monoisotopic (exact) mass is 842 g/mol. The van der Waals surface area contributed by atoms with E-state index in [0.29, 0.717) is 46.8 Å². The maximum absolute atomic E-state index is 13.0.